The van der Waals surface area contributed by atoms with Crippen molar-refractivity contribution in [3.63, 3.8) is 0 Å². The summed E-state index contributed by atoms with van der Waals surface area (Å²) in [5.41, 5.74) is 0. The van der Waals surface area contributed by atoms with E-state index >= 15 is 0 Å². The van der Waals surface area contributed by atoms with Crippen LogP contribution in [0.15, 0.2) is 6.07 Å². The van der Waals surface area contributed by atoms with Crippen LogP contribution in [-0.2, 0) is 0 Å². The molecular formula is C14H24N4. The van der Waals surface area contributed by atoms with Gasteiger partial charge in [-0.1, -0.05) is 6.92 Å². The first-order chi connectivity index (χ1) is 8.69. The van der Waals surface area contributed by atoms with Crippen LogP contribution in [0.25, 0.3) is 0 Å². The zero-order valence-corrected chi connectivity index (χ0v) is 11.9. The molecule has 0 saturated heterocycles. The first-order valence-corrected chi connectivity index (χ1v) is 7.02. The van der Waals surface area contributed by atoms with Crippen molar-refractivity contribution in [3.05, 3.63) is 11.9 Å². The molecule has 1 fully saturated rings. The second-order valence-electron chi connectivity index (χ2n) is 5.04. The molecule has 1 aliphatic rings. The molecule has 1 heterocycles. The van der Waals surface area contributed by atoms with E-state index in [1.54, 1.807) is 0 Å². The SMILES string of the molecule is CCC(C)N(CC)c1cc(NC)nc(C2CC2)n1. The predicted molar refractivity (Wildman–Crippen MR) is 76.3 cm³/mol. The highest BCUT2D eigenvalue weighted by Gasteiger charge is 2.28. The van der Waals surface area contributed by atoms with Gasteiger partial charge in [0.15, 0.2) is 0 Å². The topological polar surface area (TPSA) is 41.0 Å². The summed E-state index contributed by atoms with van der Waals surface area (Å²) < 4.78 is 0. The fraction of sp³-hybridized carbons (Fsp3) is 0.714. The normalized spacial score (nSPS) is 16.4. The van der Waals surface area contributed by atoms with E-state index in [1.165, 1.54) is 12.8 Å². The molecular weight excluding hydrogens is 224 g/mol. The van der Waals surface area contributed by atoms with E-state index in [4.69, 9.17) is 4.98 Å². The molecule has 0 radical (unpaired) electrons. The minimum Gasteiger partial charge on any atom is -0.373 e. The van der Waals surface area contributed by atoms with Crippen LogP contribution in [0.1, 0.15) is 51.8 Å². The lowest BCUT2D eigenvalue weighted by molar-refractivity contribution is 0.620. The van der Waals surface area contributed by atoms with E-state index in [-0.39, 0.29) is 0 Å². The largest absolute Gasteiger partial charge is 0.373 e. The Morgan fingerprint density at radius 1 is 1.39 bits per heavy atom. The highest BCUT2D eigenvalue weighted by molar-refractivity contribution is 5.50. The Morgan fingerprint density at radius 3 is 2.61 bits per heavy atom. The second-order valence-corrected chi connectivity index (χ2v) is 5.04. The smallest absolute Gasteiger partial charge is 0.136 e. The molecule has 1 saturated carbocycles. The monoisotopic (exact) mass is 248 g/mol. The lowest BCUT2D eigenvalue weighted by atomic mass is 10.2. The Balaban J connectivity index is 2.32. The fourth-order valence-electron chi connectivity index (χ4n) is 2.17. The molecule has 0 amide bonds. The zero-order chi connectivity index (χ0) is 13.1. The Kier molecular flexibility index (Phi) is 4.04. The molecule has 4 heteroatoms. The molecule has 1 aromatic rings. The number of hydrogen-bond acceptors (Lipinski definition) is 4. The van der Waals surface area contributed by atoms with Crippen LogP contribution in [0.4, 0.5) is 11.6 Å². The Morgan fingerprint density at radius 2 is 2.11 bits per heavy atom. The van der Waals surface area contributed by atoms with Crippen molar-refractivity contribution >= 4 is 11.6 Å². The van der Waals surface area contributed by atoms with Gasteiger partial charge in [0.2, 0.25) is 0 Å². The lowest BCUT2D eigenvalue weighted by Crippen LogP contribution is -2.33. The molecule has 0 spiro atoms. The van der Waals surface area contributed by atoms with Crippen LogP contribution in [-0.4, -0.2) is 29.6 Å². The van der Waals surface area contributed by atoms with Gasteiger partial charge in [-0.25, -0.2) is 9.97 Å². The Bertz CT molecular complexity index is 401. The molecule has 0 aromatic carbocycles. The molecule has 2 rings (SSSR count). The summed E-state index contributed by atoms with van der Waals surface area (Å²) in [5, 5.41) is 3.15. The average Bonchev–Trinajstić information content (AvgIpc) is 3.23. The van der Waals surface area contributed by atoms with Crippen LogP contribution in [0.2, 0.25) is 0 Å². The third kappa shape index (κ3) is 2.74. The summed E-state index contributed by atoms with van der Waals surface area (Å²) in [4.78, 5) is 11.7. The van der Waals surface area contributed by atoms with Gasteiger partial charge in [0.25, 0.3) is 0 Å². The molecule has 1 N–H and O–H groups in total. The van der Waals surface area contributed by atoms with Gasteiger partial charge in [-0.3, -0.25) is 0 Å². The maximum Gasteiger partial charge on any atom is 0.136 e. The number of rotatable bonds is 6. The van der Waals surface area contributed by atoms with Crippen LogP contribution < -0.4 is 10.2 Å². The maximum atomic E-state index is 4.76. The molecule has 1 aliphatic carbocycles. The first-order valence-electron chi connectivity index (χ1n) is 7.02. The van der Waals surface area contributed by atoms with Crippen LogP contribution in [0.5, 0.6) is 0 Å². The van der Waals surface area contributed by atoms with Gasteiger partial charge in [-0.05, 0) is 33.1 Å². The number of hydrogen-bond donors (Lipinski definition) is 1. The van der Waals surface area contributed by atoms with Crippen LogP contribution in [0.3, 0.4) is 0 Å². The number of anilines is 2. The highest BCUT2D eigenvalue weighted by Crippen LogP contribution is 2.39. The minimum atomic E-state index is 0.515. The van der Waals surface area contributed by atoms with E-state index in [0.717, 1.165) is 30.4 Å². The third-order valence-corrected chi connectivity index (χ3v) is 3.69. The van der Waals surface area contributed by atoms with E-state index in [2.05, 4.69) is 42.0 Å². The van der Waals surface area contributed by atoms with Crippen molar-refractivity contribution in [1.82, 2.24) is 9.97 Å². The van der Waals surface area contributed by atoms with Gasteiger partial charge in [0.05, 0.1) is 0 Å². The molecule has 18 heavy (non-hydrogen) atoms. The van der Waals surface area contributed by atoms with Crippen molar-refractivity contribution in [2.75, 3.05) is 23.8 Å². The number of nitrogens with one attached hydrogen (secondary N) is 1. The Hall–Kier alpha value is -1.32. The second kappa shape index (κ2) is 5.55. The first kappa shape index (κ1) is 13.1. The van der Waals surface area contributed by atoms with Crippen molar-refractivity contribution < 1.29 is 0 Å². The highest BCUT2D eigenvalue weighted by atomic mass is 15.2. The van der Waals surface area contributed by atoms with Gasteiger partial charge < -0.3 is 10.2 Å². The van der Waals surface area contributed by atoms with Crippen LogP contribution in [0, 0.1) is 0 Å². The van der Waals surface area contributed by atoms with Crippen molar-refractivity contribution in [3.8, 4) is 0 Å². The quantitative estimate of drug-likeness (QED) is 0.840. The molecule has 100 valence electrons. The van der Waals surface area contributed by atoms with Gasteiger partial charge in [0, 0.05) is 31.6 Å². The lowest BCUT2D eigenvalue weighted by Gasteiger charge is -2.28. The zero-order valence-electron chi connectivity index (χ0n) is 11.9. The van der Waals surface area contributed by atoms with Crippen molar-refractivity contribution in [1.29, 1.82) is 0 Å². The van der Waals surface area contributed by atoms with E-state index in [1.807, 2.05) is 7.05 Å². The van der Waals surface area contributed by atoms with Gasteiger partial charge in [0.1, 0.15) is 17.5 Å². The van der Waals surface area contributed by atoms with E-state index < -0.39 is 0 Å². The average molecular weight is 248 g/mol. The Labute approximate surface area is 110 Å². The third-order valence-electron chi connectivity index (χ3n) is 3.69. The number of nitrogens with zero attached hydrogens (tertiary/aromatic N) is 3. The summed E-state index contributed by atoms with van der Waals surface area (Å²) >= 11 is 0. The summed E-state index contributed by atoms with van der Waals surface area (Å²) in [6, 6.07) is 2.57. The minimum absolute atomic E-state index is 0.515. The molecule has 4 nitrogen and oxygen atoms in total. The standard InChI is InChI=1S/C14H24N4/c1-5-10(3)18(6-2)13-9-12(15-4)16-14(17-13)11-7-8-11/h9-11H,5-8H2,1-4H3,(H,15,16,17). The summed E-state index contributed by atoms with van der Waals surface area (Å²) in [7, 11) is 1.92. The summed E-state index contributed by atoms with van der Waals surface area (Å²) in [5.74, 6) is 3.60. The van der Waals surface area contributed by atoms with Crippen LogP contribution >= 0.6 is 0 Å². The molecule has 1 atom stereocenters. The summed E-state index contributed by atoms with van der Waals surface area (Å²) in [6.07, 6.45) is 3.61. The molecule has 1 unspecified atom stereocenters. The van der Waals surface area contributed by atoms with Crippen molar-refractivity contribution in [2.45, 2.75) is 52.0 Å². The summed E-state index contributed by atoms with van der Waals surface area (Å²) in [6.45, 7) is 7.64. The molecule has 1 aromatic heterocycles. The van der Waals surface area contributed by atoms with Gasteiger partial charge >= 0.3 is 0 Å². The van der Waals surface area contributed by atoms with E-state index in [9.17, 15) is 0 Å². The molecule has 0 aliphatic heterocycles. The van der Waals surface area contributed by atoms with Gasteiger partial charge in [-0.15, -0.1) is 0 Å². The van der Waals surface area contributed by atoms with Crippen molar-refractivity contribution in [2.24, 2.45) is 0 Å². The maximum absolute atomic E-state index is 4.76. The predicted octanol–water partition coefficient (Wildman–Crippen LogP) is 3.02. The van der Waals surface area contributed by atoms with Gasteiger partial charge in [-0.2, -0.15) is 0 Å². The fourth-order valence-corrected chi connectivity index (χ4v) is 2.17. The molecule has 0 bridgehead atoms. The number of aromatic nitrogens is 2. The van der Waals surface area contributed by atoms with E-state index in [0.29, 0.717) is 12.0 Å².